The second kappa shape index (κ2) is 8.96. The zero-order valence-electron chi connectivity index (χ0n) is 17.9. The Hall–Kier alpha value is -4.46. The molecule has 4 rings (SSSR count). The highest BCUT2D eigenvalue weighted by molar-refractivity contribution is 6.51. The molecule has 2 heterocycles. The number of hydrogen-bond donors (Lipinski definition) is 1. The summed E-state index contributed by atoms with van der Waals surface area (Å²) in [5.74, 6) is -2.05. The Morgan fingerprint density at radius 1 is 0.939 bits per heavy atom. The molecule has 0 bridgehead atoms. The molecule has 1 unspecified atom stereocenters. The van der Waals surface area contributed by atoms with Crippen molar-refractivity contribution in [3.05, 3.63) is 95.3 Å². The van der Waals surface area contributed by atoms with Gasteiger partial charge >= 0.3 is 5.97 Å². The number of methoxy groups -OCH3 is 2. The van der Waals surface area contributed by atoms with Crippen molar-refractivity contribution in [1.29, 1.82) is 0 Å². The number of nitrogens with zero attached hydrogens (tertiary/aromatic N) is 2. The quantitative estimate of drug-likeness (QED) is 0.278. The number of hydrogen-bond acceptors (Lipinski definition) is 7. The SMILES string of the molecule is COC(=O)c1ccc(N2C(=O)C(=O)/C(=C(/O)c3ccncc3)C2c2ccccc2OC)cc1. The molecule has 1 amide bonds. The van der Waals surface area contributed by atoms with Gasteiger partial charge in [-0.3, -0.25) is 19.5 Å². The molecule has 1 aliphatic rings. The van der Waals surface area contributed by atoms with Crippen molar-refractivity contribution >= 4 is 29.1 Å². The molecule has 1 aromatic heterocycles. The van der Waals surface area contributed by atoms with Gasteiger partial charge in [0.05, 0.1) is 31.4 Å². The summed E-state index contributed by atoms with van der Waals surface area (Å²) in [5, 5.41) is 11.1. The Labute approximate surface area is 189 Å². The third-order valence-corrected chi connectivity index (χ3v) is 5.40. The fourth-order valence-corrected chi connectivity index (χ4v) is 3.83. The first kappa shape index (κ1) is 21.8. The maximum atomic E-state index is 13.2. The highest BCUT2D eigenvalue weighted by Crippen LogP contribution is 2.44. The normalized spacial score (nSPS) is 17.2. The molecule has 3 aromatic rings. The highest BCUT2D eigenvalue weighted by atomic mass is 16.5. The number of rotatable bonds is 5. The number of Topliss-reactive ketones (excluding diaryl/α,β-unsaturated/α-hetero) is 1. The number of ketones is 1. The molecular formula is C25H20N2O6. The Morgan fingerprint density at radius 2 is 1.61 bits per heavy atom. The molecule has 33 heavy (non-hydrogen) atoms. The summed E-state index contributed by atoms with van der Waals surface area (Å²) in [5.41, 5.74) is 1.46. The first-order valence-corrected chi connectivity index (χ1v) is 10.0. The molecule has 1 aliphatic heterocycles. The van der Waals surface area contributed by atoms with Gasteiger partial charge in [0.2, 0.25) is 0 Å². The van der Waals surface area contributed by atoms with Gasteiger partial charge in [-0.2, -0.15) is 0 Å². The Morgan fingerprint density at radius 3 is 2.24 bits per heavy atom. The Kier molecular flexibility index (Phi) is 5.91. The van der Waals surface area contributed by atoms with Crippen molar-refractivity contribution in [2.24, 2.45) is 0 Å². The van der Waals surface area contributed by atoms with Crippen LogP contribution in [-0.4, -0.2) is 42.0 Å². The standard InChI is InChI=1S/C25H20N2O6/c1-32-19-6-4-3-5-18(19)21-20(22(28)15-11-13-26-14-12-15)23(29)24(30)27(21)17-9-7-16(8-10-17)25(31)33-2/h3-14,21,28H,1-2H3/b22-20+. The molecule has 2 aromatic carbocycles. The maximum absolute atomic E-state index is 13.2. The molecular weight excluding hydrogens is 424 g/mol. The predicted molar refractivity (Wildman–Crippen MR) is 120 cm³/mol. The summed E-state index contributed by atoms with van der Waals surface area (Å²) in [6, 6.07) is 15.2. The number of ether oxygens (including phenoxy) is 2. The molecule has 1 saturated heterocycles. The van der Waals surface area contributed by atoms with Crippen LogP contribution >= 0.6 is 0 Å². The Bertz CT molecular complexity index is 1250. The zero-order valence-corrected chi connectivity index (χ0v) is 17.9. The second-order valence-electron chi connectivity index (χ2n) is 7.19. The summed E-state index contributed by atoms with van der Waals surface area (Å²) in [6.45, 7) is 0. The lowest BCUT2D eigenvalue weighted by Gasteiger charge is -2.26. The number of pyridine rings is 1. The maximum Gasteiger partial charge on any atom is 0.337 e. The van der Waals surface area contributed by atoms with E-state index in [1.165, 1.54) is 43.6 Å². The van der Waals surface area contributed by atoms with E-state index < -0.39 is 23.7 Å². The lowest BCUT2D eigenvalue weighted by molar-refractivity contribution is -0.132. The number of carbonyl (C=O) groups is 3. The molecule has 0 spiro atoms. The van der Waals surface area contributed by atoms with Gasteiger partial charge in [0, 0.05) is 29.2 Å². The predicted octanol–water partition coefficient (Wildman–Crippen LogP) is 3.50. The van der Waals surface area contributed by atoms with Crippen LogP contribution < -0.4 is 9.64 Å². The smallest absolute Gasteiger partial charge is 0.337 e. The van der Waals surface area contributed by atoms with Crippen LogP contribution in [0.3, 0.4) is 0 Å². The largest absolute Gasteiger partial charge is 0.507 e. The van der Waals surface area contributed by atoms with Crippen LogP contribution in [0.2, 0.25) is 0 Å². The van der Waals surface area contributed by atoms with E-state index in [4.69, 9.17) is 9.47 Å². The van der Waals surface area contributed by atoms with Crippen molar-refractivity contribution < 1.29 is 29.0 Å². The first-order chi connectivity index (χ1) is 16.0. The fraction of sp³-hybridized carbons (Fsp3) is 0.120. The monoisotopic (exact) mass is 444 g/mol. The van der Waals surface area contributed by atoms with E-state index in [2.05, 4.69) is 4.98 Å². The molecule has 1 N–H and O–H groups in total. The van der Waals surface area contributed by atoms with Crippen LogP contribution in [0.15, 0.2) is 78.6 Å². The molecule has 0 aliphatic carbocycles. The van der Waals surface area contributed by atoms with E-state index in [-0.39, 0.29) is 11.3 Å². The number of anilines is 1. The van der Waals surface area contributed by atoms with E-state index in [0.717, 1.165) is 0 Å². The number of para-hydroxylation sites is 1. The van der Waals surface area contributed by atoms with Gasteiger partial charge in [0.25, 0.3) is 11.7 Å². The number of esters is 1. The summed E-state index contributed by atoms with van der Waals surface area (Å²) >= 11 is 0. The molecule has 8 heteroatoms. The van der Waals surface area contributed by atoms with Gasteiger partial charge in [-0.25, -0.2) is 4.79 Å². The minimum atomic E-state index is -0.960. The number of aliphatic hydroxyl groups is 1. The Balaban J connectivity index is 1.93. The summed E-state index contributed by atoms with van der Waals surface area (Å²) < 4.78 is 10.2. The lowest BCUT2D eigenvalue weighted by Crippen LogP contribution is -2.29. The molecule has 0 saturated carbocycles. The molecule has 166 valence electrons. The van der Waals surface area contributed by atoms with Crippen LogP contribution in [0.25, 0.3) is 5.76 Å². The minimum absolute atomic E-state index is 0.0762. The zero-order chi connectivity index (χ0) is 23.5. The number of carbonyl (C=O) groups excluding carboxylic acids is 3. The van der Waals surface area contributed by atoms with Gasteiger partial charge < -0.3 is 14.6 Å². The van der Waals surface area contributed by atoms with E-state index in [1.54, 1.807) is 48.5 Å². The van der Waals surface area contributed by atoms with Gasteiger partial charge in [-0.1, -0.05) is 18.2 Å². The summed E-state index contributed by atoms with van der Waals surface area (Å²) in [6.07, 6.45) is 2.96. The van der Waals surface area contributed by atoms with E-state index >= 15 is 0 Å². The topological polar surface area (TPSA) is 106 Å². The summed E-state index contributed by atoms with van der Waals surface area (Å²) in [7, 11) is 2.76. The minimum Gasteiger partial charge on any atom is -0.507 e. The van der Waals surface area contributed by atoms with Gasteiger partial charge in [-0.15, -0.1) is 0 Å². The van der Waals surface area contributed by atoms with Gasteiger partial charge in [0.1, 0.15) is 11.5 Å². The van der Waals surface area contributed by atoms with Crippen LogP contribution in [0.4, 0.5) is 5.69 Å². The van der Waals surface area contributed by atoms with Crippen LogP contribution in [0.1, 0.15) is 27.5 Å². The van der Waals surface area contributed by atoms with Crippen LogP contribution in [0.5, 0.6) is 5.75 Å². The number of amides is 1. The second-order valence-corrected chi connectivity index (χ2v) is 7.19. The first-order valence-electron chi connectivity index (χ1n) is 10.0. The average molecular weight is 444 g/mol. The van der Waals surface area contributed by atoms with Crippen molar-refractivity contribution in [2.45, 2.75) is 6.04 Å². The van der Waals surface area contributed by atoms with Gasteiger partial charge in [-0.05, 0) is 42.5 Å². The molecule has 1 fully saturated rings. The van der Waals surface area contributed by atoms with Crippen molar-refractivity contribution in [3.8, 4) is 5.75 Å². The molecule has 0 radical (unpaired) electrons. The van der Waals surface area contributed by atoms with Crippen molar-refractivity contribution in [3.63, 3.8) is 0 Å². The van der Waals surface area contributed by atoms with Crippen molar-refractivity contribution in [1.82, 2.24) is 4.98 Å². The highest BCUT2D eigenvalue weighted by Gasteiger charge is 2.47. The van der Waals surface area contributed by atoms with E-state index in [0.29, 0.717) is 28.1 Å². The number of aromatic nitrogens is 1. The summed E-state index contributed by atoms with van der Waals surface area (Å²) in [4.78, 5) is 43.4. The number of benzene rings is 2. The average Bonchev–Trinajstić information content (AvgIpc) is 3.13. The van der Waals surface area contributed by atoms with E-state index in [1.807, 2.05) is 0 Å². The molecule has 8 nitrogen and oxygen atoms in total. The van der Waals surface area contributed by atoms with E-state index in [9.17, 15) is 19.5 Å². The lowest BCUT2D eigenvalue weighted by atomic mass is 9.94. The third kappa shape index (κ3) is 3.82. The van der Waals surface area contributed by atoms with Crippen LogP contribution in [0, 0.1) is 0 Å². The van der Waals surface area contributed by atoms with Gasteiger partial charge in [0.15, 0.2) is 0 Å². The fourth-order valence-electron chi connectivity index (χ4n) is 3.83. The molecule has 1 atom stereocenters. The van der Waals surface area contributed by atoms with Crippen molar-refractivity contribution in [2.75, 3.05) is 19.1 Å². The van der Waals surface area contributed by atoms with Crippen LogP contribution in [-0.2, 0) is 14.3 Å². The number of aliphatic hydroxyl groups excluding tert-OH is 1. The third-order valence-electron chi connectivity index (χ3n) is 5.40.